The summed E-state index contributed by atoms with van der Waals surface area (Å²) in [6, 6.07) is 5.17. The second-order valence-electron chi connectivity index (χ2n) is 6.87. The third-order valence-electron chi connectivity index (χ3n) is 4.58. The number of nitrogens with zero attached hydrogens (tertiary/aromatic N) is 2. The van der Waals surface area contributed by atoms with Crippen molar-refractivity contribution in [2.24, 2.45) is 4.99 Å². The molecule has 7 heteroatoms. The second kappa shape index (κ2) is 11.7. The van der Waals surface area contributed by atoms with Crippen LogP contribution >= 0.6 is 0 Å². The van der Waals surface area contributed by atoms with Crippen molar-refractivity contribution < 1.29 is 13.5 Å². The summed E-state index contributed by atoms with van der Waals surface area (Å²) in [5.41, 5.74) is 1.64. The van der Waals surface area contributed by atoms with Crippen LogP contribution in [0, 0.1) is 6.92 Å². The highest BCUT2D eigenvalue weighted by Crippen LogP contribution is 2.22. The number of hydrogen-bond donors (Lipinski definition) is 2. The molecule has 1 aromatic rings. The number of aliphatic imine (C=N–C) groups is 1. The zero-order valence-corrected chi connectivity index (χ0v) is 16.4. The first kappa shape index (κ1) is 21.4. The molecule has 0 unspecified atom stereocenters. The highest BCUT2D eigenvalue weighted by Gasteiger charge is 2.11. The molecular weight excluding hydrogens is 350 g/mol. The smallest absolute Gasteiger partial charge is 0.387 e. The summed E-state index contributed by atoms with van der Waals surface area (Å²) < 4.78 is 29.8. The van der Waals surface area contributed by atoms with E-state index >= 15 is 0 Å². The summed E-state index contributed by atoms with van der Waals surface area (Å²) in [7, 11) is 0. The van der Waals surface area contributed by atoms with Crippen LogP contribution in [0.5, 0.6) is 5.75 Å². The van der Waals surface area contributed by atoms with Crippen LogP contribution in [-0.2, 0) is 6.54 Å². The van der Waals surface area contributed by atoms with Crippen LogP contribution in [0.1, 0.15) is 43.7 Å². The van der Waals surface area contributed by atoms with Crippen LogP contribution in [0.2, 0.25) is 0 Å². The SMILES string of the molecule is CCNC(=NCc1cc(C)ccc1OC(F)F)NCCCCN1CCCC1. The molecule has 0 aromatic heterocycles. The number of nitrogens with one attached hydrogen (secondary N) is 2. The molecule has 0 atom stereocenters. The molecule has 2 rings (SSSR count). The van der Waals surface area contributed by atoms with Crippen LogP contribution in [0.4, 0.5) is 8.78 Å². The molecule has 0 saturated carbocycles. The van der Waals surface area contributed by atoms with Gasteiger partial charge in [-0.3, -0.25) is 0 Å². The molecule has 27 heavy (non-hydrogen) atoms. The van der Waals surface area contributed by atoms with E-state index in [-0.39, 0.29) is 12.3 Å². The maximum Gasteiger partial charge on any atom is 0.387 e. The molecule has 0 aliphatic carbocycles. The molecule has 1 fully saturated rings. The van der Waals surface area contributed by atoms with Gasteiger partial charge in [-0.2, -0.15) is 8.78 Å². The molecule has 2 N–H and O–H groups in total. The number of aryl methyl sites for hydroxylation is 1. The number of unbranched alkanes of at least 4 members (excludes halogenated alkanes) is 1. The van der Waals surface area contributed by atoms with Gasteiger partial charge in [-0.25, -0.2) is 4.99 Å². The molecule has 0 amide bonds. The predicted octanol–water partition coefficient (Wildman–Crippen LogP) is 3.53. The quantitative estimate of drug-likeness (QED) is 0.369. The van der Waals surface area contributed by atoms with Gasteiger partial charge in [0.05, 0.1) is 6.54 Å². The normalized spacial score (nSPS) is 15.4. The van der Waals surface area contributed by atoms with Gasteiger partial charge in [-0.1, -0.05) is 17.7 Å². The van der Waals surface area contributed by atoms with Crippen molar-refractivity contribution in [1.82, 2.24) is 15.5 Å². The summed E-state index contributed by atoms with van der Waals surface area (Å²) in [6.45, 7) is 6.58. The summed E-state index contributed by atoms with van der Waals surface area (Å²) >= 11 is 0. The lowest BCUT2D eigenvalue weighted by Crippen LogP contribution is -2.38. The number of ether oxygens (including phenoxy) is 1. The Labute approximate surface area is 161 Å². The molecular formula is C20H32F2N4O. The maximum atomic E-state index is 12.6. The fraction of sp³-hybridized carbons (Fsp3) is 0.650. The van der Waals surface area contributed by atoms with Crippen molar-refractivity contribution in [3.8, 4) is 5.75 Å². The van der Waals surface area contributed by atoms with Crippen LogP contribution < -0.4 is 15.4 Å². The Morgan fingerprint density at radius 3 is 2.70 bits per heavy atom. The van der Waals surface area contributed by atoms with Gasteiger partial charge in [0, 0.05) is 18.7 Å². The van der Waals surface area contributed by atoms with Crippen molar-refractivity contribution >= 4 is 5.96 Å². The Hall–Kier alpha value is -1.89. The van der Waals surface area contributed by atoms with Gasteiger partial charge in [0.15, 0.2) is 5.96 Å². The van der Waals surface area contributed by atoms with E-state index < -0.39 is 6.61 Å². The van der Waals surface area contributed by atoms with E-state index in [1.54, 1.807) is 12.1 Å². The van der Waals surface area contributed by atoms with Crippen LogP contribution in [0.3, 0.4) is 0 Å². The molecule has 1 saturated heterocycles. The highest BCUT2D eigenvalue weighted by molar-refractivity contribution is 5.79. The molecule has 1 aliphatic heterocycles. The summed E-state index contributed by atoms with van der Waals surface area (Å²) in [4.78, 5) is 7.04. The van der Waals surface area contributed by atoms with E-state index in [1.807, 2.05) is 19.9 Å². The van der Waals surface area contributed by atoms with E-state index in [1.165, 1.54) is 25.9 Å². The fourth-order valence-corrected chi connectivity index (χ4v) is 3.22. The minimum absolute atomic E-state index is 0.181. The fourth-order valence-electron chi connectivity index (χ4n) is 3.22. The topological polar surface area (TPSA) is 48.9 Å². The Bertz CT molecular complexity index is 589. The molecule has 0 radical (unpaired) electrons. The molecule has 1 heterocycles. The average Bonchev–Trinajstić information content (AvgIpc) is 3.14. The van der Waals surface area contributed by atoms with Gasteiger partial charge in [0.1, 0.15) is 5.75 Å². The third kappa shape index (κ3) is 8.12. The number of rotatable bonds is 10. The Morgan fingerprint density at radius 2 is 2.00 bits per heavy atom. The van der Waals surface area contributed by atoms with E-state index in [0.29, 0.717) is 11.5 Å². The predicted molar refractivity (Wildman–Crippen MR) is 106 cm³/mol. The first-order chi connectivity index (χ1) is 13.1. The van der Waals surface area contributed by atoms with Crippen molar-refractivity contribution in [2.75, 3.05) is 32.7 Å². The number of alkyl halides is 2. The lowest BCUT2D eigenvalue weighted by molar-refractivity contribution is -0.0504. The number of hydrogen-bond acceptors (Lipinski definition) is 3. The van der Waals surface area contributed by atoms with Crippen LogP contribution in [0.15, 0.2) is 23.2 Å². The Morgan fingerprint density at radius 1 is 1.22 bits per heavy atom. The Kier molecular flexibility index (Phi) is 9.31. The van der Waals surface area contributed by atoms with E-state index in [9.17, 15) is 8.78 Å². The monoisotopic (exact) mass is 382 g/mol. The summed E-state index contributed by atoms with van der Waals surface area (Å²) in [5, 5.41) is 6.52. The van der Waals surface area contributed by atoms with Crippen molar-refractivity contribution in [3.63, 3.8) is 0 Å². The van der Waals surface area contributed by atoms with Crippen molar-refractivity contribution in [2.45, 2.75) is 52.7 Å². The zero-order valence-electron chi connectivity index (χ0n) is 16.4. The summed E-state index contributed by atoms with van der Waals surface area (Å²) in [5.74, 6) is 0.879. The number of guanidine groups is 1. The molecule has 0 bridgehead atoms. The number of likely N-dealkylation sites (tertiary alicyclic amines) is 1. The third-order valence-corrected chi connectivity index (χ3v) is 4.58. The number of halogens is 2. The molecule has 1 aliphatic rings. The molecule has 0 spiro atoms. The number of benzene rings is 1. The van der Waals surface area contributed by atoms with Gasteiger partial charge in [0.2, 0.25) is 0 Å². The Balaban J connectivity index is 1.84. The van der Waals surface area contributed by atoms with Gasteiger partial charge < -0.3 is 20.3 Å². The van der Waals surface area contributed by atoms with Crippen LogP contribution in [-0.4, -0.2) is 50.2 Å². The molecule has 5 nitrogen and oxygen atoms in total. The van der Waals surface area contributed by atoms with Crippen molar-refractivity contribution in [3.05, 3.63) is 29.3 Å². The first-order valence-corrected chi connectivity index (χ1v) is 9.87. The van der Waals surface area contributed by atoms with E-state index in [2.05, 4.69) is 25.3 Å². The molecule has 152 valence electrons. The van der Waals surface area contributed by atoms with E-state index in [0.717, 1.165) is 38.0 Å². The van der Waals surface area contributed by atoms with Gasteiger partial charge in [0.25, 0.3) is 0 Å². The zero-order chi connectivity index (χ0) is 19.5. The first-order valence-electron chi connectivity index (χ1n) is 9.87. The van der Waals surface area contributed by atoms with Crippen LogP contribution in [0.25, 0.3) is 0 Å². The summed E-state index contributed by atoms with van der Waals surface area (Å²) in [6.07, 6.45) is 4.89. The lowest BCUT2D eigenvalue weighted by atomic mass is 10.1. The molecule has 1 aromatic carbocycles. The van der Waals surface area contributed by atoms with Gasteiger partial charge >= 0.3 is 6.61 Å². The lowest BCUT2D eigenvalue weighted by Gasteiger charge is -2.15. The second-order valence-corrected chi connectivity index (χ2v) is 6.87. The maximum absolute atomic E-state index is 12.6. The highest BCUT2D eigenvalue weighted by atomic mass is 19.3. The standard InChI is InChI=1S/C20H32F2N4O/c1-3-23-20(24-10-4-5-11-26-12-6-7-13-26)25-15-17-14-16(2)8-9-18(17)27-19(21)22/h8-9,14,19H,3-7,10-13,15H2,1-2H3,(H2,23,24,25). The van der Waals surface area contributed by atoms with E-state index in [4.69, 9.17) is 0 Å². The largest absolute Gasteiger partial charge is 0.434 e. The van der Waals surface area contributed by atoms with Gasteiger partial charge in [-0.15, -0.1) is 0 Å². The van der Waals surface area contributed by atoms with Crippen molar-refractivity contribution in [1.29, 1.82) is 0 Å². The average molecular weight is 382 g/mol. The minimum atomic E-state index is -2.84. The minimum Gasteiger partial charge on any atom is -0.434 e. The van der Waals surface area contributed by atoms with Gasteiger partial charge in [-0.05, 0) is 65.2 Å².